The van der Waals surface area contributed by atoms with Crippen LogP contribution in [-0.4, -0.2) is 57.7 Å². The molecule has 11 heteroatoms. The SMILES string of the molecule is Cc1cc(C(=O)N2C[C@@H](CN(C)c3ncc(C(F)(F)F)cn3)[C@@H](c3ccc(Cl)cc3)C2)cnn1. The lowest BCUT2D eigenvalue weighted by atomic mass is 9.88. The standard InChI is InChI=1S/C23H22ClF3N6O/c1-14-7-16(8-30-31-14)21(34)33-12-17(20(13-33)15-3-5-19(24)6-4-15)11-32(2)22-28-9-18(10-29-22)23(25,26)27/h3-10,17,20H,11-13H2,1-2H3/t17-,20-/m1/s1. The molecule has 34 heavy (non-hydrogen) atoms. The lowest BCUT2D eigenvalue weighted by molar-refractivity contribution is -0.138. The average molecular weight is 491 g/mol. The highest BCUT2D eigenvalue weighted by atomic mass is 35.5. The van der Waals surface area contributed by atoms with Crippen molar-refractivity contribution in [3.05, 3.63) is 76.3 Å². The lowest BCUT2D eigenvalue weighted by Gasteiger charge is -2.25. The van der Waals surface area contributed by atoms with Crippen molar-refractivity contribution in [3.63, 3.8) is 0 Å². The molecule has 1 aromatic carbocycles. The Bertz CT molecular complexity index is 1160. The van der Waals surface area contributed by atoms with E-state index in [1.807, 2.05) is 12.1 Å². The highest BCUT2D eigenvalue weighted by Gasteiger charge is 2.38. The maximum Gasteiger partial charge on any atom is 0.419 e. The van der Waals surface area contributed by atoms with Gasteiger partial charge in [0, 0.05) is 55.9 Å². The van der Waals surface area contributed by atoms with Gasteiger partial charge >= 0.3 is 6.18 Å². The van der Waals surface area contributed by atoms with Gasteiger partial charge in [-0.1, -0.05) is 23.7 Å². The van der Waals surface area contributed by atoms with Gasteiger partial charge in [-0.3, -0.25) is 4.79 Å². The number of aromatic nitrogens is 4. The molecule has 0 saturated carbocycles. The Morgan fingerprint density at radius 1 is 1.15 bits per heavy atom. The van der Waals surface area contributed by atoms with E-state index in [1.54, 1.807) is 42.0 Å². The van der Waals surface area contributed by atoms with Gasteiger partial charge < -0.3 is 9.80 Å². The number of nitrogens with zero attached hydrogens (tertiary/aromatic N) is 6. The number of benzene rings is 1. The zero-order chi connectivity index (χ0) is 24.5. The maximum absolute atomic E-state index is 13.2. The van der Waals surface area contributed by atoms with Gasteiger partial charge in [0.2, 0.25) is 5.95 Å². The molecule has 0 bridgehead atoms. The van der Waals surface area contributed by atoms with E-state index in [0.29, 0.717) is 35.9 Å². The quantitative estimate of drug-likeness (QED) is 0.532. The fourth-order valence-corrected chi connectivity index (χ4v) is 4.31. The third-order valence-corrected chi connectivity index (χ3v) is 6.12. The van der Waals surface area contributed by atoms with Crippen molar-refractivity contribution in [2.24, 2.45) is 5.92 Å². The fourth-order valence-electron chi connectivity index (χ4n) is 4.18. The van der Waals surface area contributed by atoms with Crippen LogP contribution >= 0.6 is 11.6 Å². The highest BCUT2D eigenvalue weighted by Crippen LogP contribution is 2.35. The molecular formula is C23H22ClF3N6O. The van der Waals surface area contributed by atoms with Gasteiger partial charge in [-0.15, -0.1) is 0 Å². The lowest BCUT2D eigenvalue weighted by Crippen LogP contribution is -2.32. The molecular weight excluding hydrogens is 469 g/mol. The van der Waals surface area contributed by atoms with Gasteiger partial charge in [-0.25, -0.2) is 9.97 Å². The van der Waals surface area contributed by atoms with E-state index < -0.39 is 11.7 Å². The average Bonchev–Trinajstić information content (AvgIpc) is 3.22. The topological polar surface area (TPSA) is 75.1 Å². The number of rotatable bonds is 5. The zero-order valence-corrected chi connectivity index (χ0v) is 19.3. The number of anilines is 1. The molecule has 1 fully saturated rings. The van der Waals surface area contributed by atoms with Gasteiger partial charge in [0.05, 0.1) is 23.0 Å². The zero-order valence-electron chi connectivity index (χ0n) is 18.5. The summed E-state index contributed by atoms with van der Waals surface area (Å²) in [7, 11) is 1.72. The van der Waals surface area contributed by atoms with Crippen LogP contribution in [0, 0.1) is 12.8 Å². The molecule has 1 amide bonds. The molecule has 2 aromatic heterocycles. The Morgan fingerprint density at radius 2 is 1.82 bits per heavy atom. The summed E-state index contributed by atoms with van der Waals surface area (Å²) < 4.78 is 38.6. The first kappa shape index (κ1) is 23.9. The third-order valence-electron chi connectivity index (χ3n) is 5.87. The molecule has 1 saturated heterocycles. The van der Waals surface area contributed by atoms with E-state index in [0.717, 1.165) is 18.0 Å². The molecule has 0 unspecified atom stereocenters. The molecule has 4 rings (SSSR count). The Balaban J connectivity index is 1.56. The monoisotopic (exact) mass is 490 g/mol. The Morgan fingerprint density at radius 3 is 2.44 bits per heavy atom. The van der Waals surface area contributed by atoms with E-state index >= 15 is 0 Å². The molecule has 1 aliphatic heterocycles. The number of alkyl halides is 3. The normalized spacial score (nSPS) is 18.2. The second-order valence-corrected chi connectivity index (χ2v) is 8.80. The summed E-state index contributed by atoms with van der Waals surface area (Å²) in [5.74, 6) is 0.0143. The van der Waals surface area contributed by atoms with Crippen molar-refractivity contribution in [2.75, 3.05) is 31.6 Å². The summed E-state index contributed by atoms with van der Waals surface area (Å²) in [6, 6.07) is 9.16. The molecule has 0 radical (unpaired) electrons. The van der Waals surface area contributed by atoms with E-state index in [4.69, 9.17) is 11.6 Å². The third kappa shape index (κ3) is 5.27. The second kappa shape index (κ2) is 9.54. The Hall–Kier alpha value is -3.27. The van der Waals surface area contributed by atoms with Crippen LogP contribution < -0.4 is 4.90 Å². The maximum atomic E-state index is 13.2. The van der Waals surface area contributed by atoms with E-state index in [9.17, 15) is 18.0 Å². The number of hydrogen-bond acceptors (Lipinski definition) is 6. The first-order chi connectivity index (χ1) is 16.1. The number of carbonyl (C=O) groups is 1. The van der Waals surface area contributed by atoms with Crippen LogP contribution in [0.2, 0.25) is 5.02 Å². The Labute approximate surface area is 199 Å². The van der Waals surface area contributed by atoms with Crippen LogP contribution in [-0.2, 0) is 6.18 Å². The molecule has 7 nitrogen and oxygen atoms in total. The smallest absolute Gasteiger partial charge is 0.344 e. The van der Waals surface area contributed by atoms with Crippen LogP contribution in [0.4, 0.5) is 19.1 Å². The van der Waals surface area contributed by atoms with Gasteiger partial charge in [0.15, 0.2) is 0 Å². The molecule has 3 heterocycles. The number of aryl methyl sites for hydroxylation is 1. The van der Waals surface area contributed by atoms with Gasteiger partial charge in [-0.05, 0) is 30.7 Å². The Kier molecular flexibility index (Phi) is 6.70. The summed E-state index contributed by atoms with van der Waals surface area (Å²) in [4.78, 5) is 24.4. The number of hydrogen-bond donors (Lipinski definition) is 0. The fraction of sp³-hybridized carbons (Fsp3) is 0.348. The van der Waals surface area contributed by atoms with Crippen LogP contribution in [0.15, 0.2) is 48.9 Å². The molecule has 0 N–H and O–H groups in total. The predicted octanol–water partition coefficient (Wildman–Crippen LogP) is 4.24. The van der Waals surface area contributed by atoms with Crippen LogP contribution in [0.3, 0.4) is 0 Å². The number of amides is 1. The number of carbonyl (C=O) groups excluding carboxylic acids is 1. The van der Waals surface area contributed by atoms with Crippen LogP contribution in [0.25, 0.3) is 0 Å². The summed E-state index contributed by atoms with van der Waals surface area (Å²) in [6.45, 7) is 3.15. The first-order valence-corrected chi connectivity index (χ1v) is 10.9. The van der Waals surface area contributed by atoms with Crippen molar-refractivity contribution in [1.29, 1.82) is 0 Å². The van der Waals surface area contributed by atoms with Crippen molar-refractivity contribution in [1.82, 2.24) is 25.1 Å². The summed E-state index contributed by atoms with van der Waals surface area (Å²) in [5, 5.41) is 8.39. The molecule has 0 aliphatic carbocycles. The van der Waals surface area contributed by atoms with Gasteiger partial charge in [-0.2, -0.15) is 23.4 Å². The molecule has 1 aliphatic rings. The minimum atomic E-state index is -4.50. The minimum absolute atomic E-state index is 0.00555. The summed E-state index contributed by atoms with van der Waals surface area (Å²) in [6.07, 6.45) is -1.50. The largest absolute Gasteiger partial charge is 0.419 e. The predicted molar refractivity (Wildman–Crippen MR) is 121 cm³/mol. The molecule has 178 valence electrons. The summed E-state index contributed by atoms with van der Waals surface area (Å²) in [5.41, 5.74) is 1.23. The molecule has 3 aromatic rings. The van der Waals surface area contributed by atoms with Gasteiger partial charge in [0.1, 0.15) is 0 Å². The van der Waals surface area contributed by atoms with Crippen molar-refractivity contribution >= 4 is 23.5 Å². The first-order valence-electron chi connectivity index (χ1n) is 10.6. The summed E-state index contributed by atoms with van der Waals surface area (Å²) >= 11 is 6.06. The van der Waals surface area contributed by atoms with Gasteiger partial charge in [0.25, 0.3) is 5.91 Å². The molecule has 2 atom stereocenters. The van der Waals surface area contributed by atoms with Crippen molar-refractivity contribution in [3.8, 4) is 0 Å². The van der Waals surface area contributed by atoms with Crippen molar-refractivity contribution < 1.29 is 18.0 Å². The van der Waals surface area contributed by atoms with Crippen LogP contribution in [0.1, 0.15) is 33.1 Å². The number of halogens is 4. The minimum Gasteiger partial charge on any atom is -0.344 e. The highest BCUT2D eigenvalue weighted by molar-refractivity contribution is 6.30. The van der Waals surface area contributed by atoms with Crippen molar-refractivity contribution in [2.45, 2.75) is 19.0 Å². The van der Waals surface area contributed by atoms with E-state index in [2.05, 4.69) is 20.2 Å². The second-order valence-electron chi connectivity index (χ2n) is 8.36. The molecule has 0 spiro atoms. The van der Waals surface area contributed by atoms with E-state index in [-0.39, 0.29) is 23.7 Å². The number of likely N-dealkylation sites (tertiary alicyclic amines) is 1. The van der Waals surface area contributed by atoms with E-state index in [1.165, 1.54) is 6.20 Å². The van der Waals surface area contributed by atoms with Crippen LogP contribution in [0.5, 0.6) is 0 Å².